The number of nitrogens with one attached hydrogen (secondary N) is 2. The lowest BCUT2D eigenvalue weighted by molar-refractivity contribution is -0.113. The first-order valence-electron chi connectivity index (χ1n) is 9.79. The number of aromatic nitrogens is 1. The summed E-state index contributed by atoms with van der Waals surface area (Å²) in [5.74, 6) is 0.722. The maximum atomic E-state index is 12.3. The van der Waals surface area contributed by atoms with Crippen LogP contribution in [-0.2, 0) is 14.8 Å². The number of ether oxygens (including phenoxy) is 1. The van der Waals surface area contributed by atoms with Crippen molar-refractivity contribution in [2.45, 2.75) is 45.6 Å². The number of benzene rings is 1. The molecule has 1 fully saturated rings. The predicted octanol–water partition coefficient (Wildman–Crippen LogP) is 3.62. The standard InChI is InChI=1S/C21H27N3O4S/c1-15-5-7-17(8-6-15)24-29(26,27)14-21(25)23-18-9-10-20(16(2)12-18)28-19-4-3-11-22-13-19/h3-4,9-13,15,17,24H,5-8,14H2,1-2H3,(H,23,25). The minimum Gasteiger partial charge on any atom is -0.455 e. The first kappa shape index (κ1) is 21.3. The second-order valence-corrected chi connectivity index (χ2v) is 9.41. The van der Waals surface area contributed by atoms with Crippen molar-refractivity contribution in [2.24, 2.45) is 5.92 Å². The first-order valence-corrected chi connectivity index (χ1v) is 11.4. The van der Waals surface area contributed by atoms with Gasteiger partial charge in [0, 0.05) is 17.9 Å². The summed E-state index contributed by atoms with van der Waals surface area (Å²) < 4.78 is 33.0. The van der Waals surface area contributed by atoms with Gasteiger partial charge >= 0.3 is 0 Å². The Morgan fingerprint density at radius 1 is 1.21 bits per heavy atom. The molecule has 1 aromatic heterocycles. The minimum absolute atomic E-state index is 0.0739. The molecule has 0 spiro atoms. The highest BCUT2D eigenvalue weighted by Gasteiger charge is 2.24. The van der Waals surface area contributed by atoms with Crippen LogP contribution in [0, 0.1) is 12.8 Å². The van der Waals surface area contributed by atoms with Crippen molar-refractivity contribution in [1.82, 2.24) is 9.71 Å². The van der Waals surface area contributed by atoms with Gasteiger partial charge in [0.1, 0.15) is 17.3 Å². The van der Waals surface area contributed by atoms with E-state index in [2.05, 4.69) is 21.9 Å². The van der Waals surface area contributed by atoms with Crippen molar-refractivity contribution in [3.05, 3.63) is 48.3 Å². The molecule has 0 saturated heterocycles. The lowest BCUT2D eigenvalue weighted by atomic mass is 9.88. The number of nitrogens with zero attached hydrogens (tertiary/aromatic N) is 1. The van der Waals surface area contributed by atoms with Gasteiger partial charge in [0.2, 0.25) is 15.9 Å². The molecule has 0 atom stereocenters. The highest BCUT2D eigenvalue weighted by atomic mass is 32.2. The topological polar surface area (TPSA) is 97.4 Å². The Morgan fingerprint density at radius 2 is 1.97 bits per heavy atom. The highest BCUT2D eigenvalue weighted by Crippen LogP contribution is 2.27. The Bertz CT molecular complexity index is 940. The van der Waals surface area contributed by atoms with Gasteiger partial charge in [-0.15, -0.1) is 0 Å². The summed E-state index contributed by atoms with van der Waals surface area (Å²) in [6, 6.07) is 8.66. The third-order valence-electron chi connectivity index (χ3n) is 5.00. The Morgan fingerprint density at radius 3 is 2.62 bits per heavy atom. The lowest BCUT2D eigenvalue weighted by Gasteiger charge is -2.26. The van der Waals surface area contributed by atoms with Crippen molar-refractivity contribution in [3.8, 4) is 11.5 Å². The molecule has 0 unspecified atom stereocenters. The second kappa shape index (κ2) is 9.37. The third-order valence-corrected chi connectivity index (χ3v) is 6.34. The summed E-state index contributed by atoms with van der Waals surface area (Å²) in [5, 5.41) is 2.65. The average molecular weight is 418 g/mol. The number of aryl methyl sites for hydroxylation is 1. The van der Waals surface area contributed by atoms with Gasteiger partial charge < -0.3 is 10.1 Å². The molecule has 7 nitrogen and oxygen atoms in total. The van der Waals surface area contributed by atoms with Crippen molar-refractivity contribution < 1.29 is 17.9 Å². The molecule has 1 amide bonds. The van der Waals surface area contributed by atoms with E-state index in [4.69, 9.17) is 4.74 Å². The van der Waals surface area contributed by atoms with Gasteiger partial charge in [0.25, 0.3) is 0 Å². The van der Waals surface area contributed by atoms with Crippen LogP contribution < -0.4 is 14.8 Å². The van der Waals surface area contributed by atoms with Crippen LogP contribution in [0.5, 0.6) is 11.5 Å². The maximum Gasteiger partial charge on any atom is 0.240 e. The normalized spacial score (nSPS) is 19.5. The van der Waals surface area contributed by atoms with Crippen LogP contribution in [-0.4, -0.2) is 31.1 Å². The molecule has 1 aliphatic carbocycles. The molecular weight excluding hydrogens is 390 g/mol. The number of rotatable bonds is 7. The number of hydrogen-bond acceptors (Lipinski definition) is 5. The van der Waals surface area contributed by atoms with Gasteiger partial charge in [-0.3, -0.25) is 9.78 Å². The summed E-state index contributed by atoms with van der Waals surface area (Å²) in [6.07, 6.45) is 6.92. The van der Waals surface area contributed by atoms with Crippen molar-refractivity contribution in [2.75, 3.05) is 11.1 Å². The lowest BCUT2D eigenvalue weighted by Crippen LogP contribution is -2.41. The van der Waals surface area contributed by atoms with E-state index >= 15 is 0 Å². The monoisotopic (exact) mass is 417 g/mol. The third kappa shape index (κ3) is 6.54. The number of hydrogen-bond donors (Lipinski definition) is 2. The number of carbonyl (C=O) groups is 1. The van der Waals surface area contributed by atoms with Gasteiger partial charge in [-0.1, -0.05) is 6.92 Å². The maximum absolute atomic E-state index is 12.3. The Balaban J connectivity index is 1.55. The fourth-order valence-corrected chi connectivity index (χ4v) is 4.66. The van der Waals surface area contributed by atoms with Gasteiger partial charge in [-0.25, -0.2) is 13.1 Å². The molecule has 156 valence electrons. The van der Waals surface area contributed by atoms with Gasteiger partial charge in [-0.2, -0.15) is 0 Å². The van der Waals surface area contributed by atoms with E-state index in [0.717, 1.165) is 31.2 Å². The van der Waals surface area contributed by atoms with Gasteiger partial charge in [0.15, 0.2) is 0 Å². The number of carbonyl (C=O) groups excluding carboxylic acids is 1. The Labute approximate surface area is 171 Å². The number of pyridine rings is 1. The zero-order valence-electron chi connectivity index (χ0n) is 16.7. The Kier molecular flexibility index (Phi) is 6.87. The van der Waals surface area contributed by atoms with E-state index in [-0.39, 0.29) is 6.04 Å². The zero-order valence-corrected chi connectivity index (χ0v) is 17.5. The Hall–Kier alpha value is -2.45. The van der Waals surface area contributed by atoms with Gasteiger partial charge in [-0.05, 0) is 74.4 Å². The average Bonchev–Trinajstić information content (AvgIpc) is 2.66. The molecule has 1 aromatic carbocycles. The molecule has 29 heavy (non-hydrogen) atoms. The molecule has 0 aliphatic heterocycles. The molecule has 8 heteroatoms. The largest absolute Gasteiger partial charge is 0.455 e. The van der Waals surface area contributed by atoms with Crippen molar-refractivity contribution in [1.29, 1.82) is 0 Å². The van der Waals surface area contributed by atoms with Crippen LogP contribution in [0.15, 0.2) is 42.7 Å². The SMILES string of the molecule is Cc1cc(NC(=O)CS(=O)(=O)NC2CCC(C)CC2)ccc1Oc1cccnc1. The fourth-order valence-electron chi connectivity index (χ4n) is 3.42. The molecule has 3 rings (SSSR count). The summed E-state index contributed by atoms with van der Waals surface area (Å²) in [6.45, 7) is 4.02. The summed E-state index contributed by atoms with van der Waals surface area (Å²) in [5.41, 5.74) is 1.33. The molecule has 1 aliphatic rings. The molecule has 1 heterocycles. The summed E-state index contributed by atoms with van der Waals surface area (Å²) >= 11 is 0. The van der Waals surface area contributed by atoms with Crippen LogP contribution in [0.1, 0.15) is 38.2 Å². The molecule has 2 aromatic rings. The fraction of sp³-hybridized carbons (Fsp3) is 0.429. The van der Waals surface area contributed by atoms with Crippen LogP contribution >= 0.6 is 0 Å². The van der Waals surface area contributed by atoms with E-state index in [9.17, 15) is 13.2 Å². The second-order valence-electron chi connectivity index (χ2n) is 7.65. The number of sulfonamides is 1. The van der Waals surface area contributed by atoms with Crippen LogP contribution in [0.2, 0.25) is 0 Å². The highest BCUT2D eigenvalue weighted by molar-refractivity contribution is 7.90. The van der Waals surface area contributed by atoms with E-state index in [1.54, 1.807) is 42.7 Å². The summed E-state index contributed by atoms with van der Waals surface area (Å²) in [7, 11) is -3.67. The van der Waals surface area contributed by atoms with Crippen molar-refractivity contribution >= 4 is 21.6 Å². The van der Waals surface area contributed by atoms with Crippen LogP contribution in [0.25, 0.3) is 0 Å². The molecule has 0 radical (unpaired) electrons. The van der Waals surface area contributed by atoms with Crippen LogP contribution in [0.4, 0.5) is 5.69 Å². The van der Waals surface area contributed by atoms with E-state index < -0.39 is 21.7 Å². The molecule has 1 saturated carbocycles. The predicted molar refractivity (Wildman–Crippen MR) is 112 cm³/mol. The minimum atomic E-state index is -3.67. The zero-order chi connectivity index (χ0) is 20.9. The van der Waals surface area contributed by atoms with Crippen molar-refractivity contribution in [3.63, 3.8) is 0 Å². The summed E-state index contributed by atoms with van der Waals surface area (Å²) in [4.78, 5) is 16.2. The van der Waals surface area contributed by atoms with E-state index in [0.29, 0.717) is 23.1 Å². The van der Waals surface area contributed by atoms with E-state index in [1.807, 2.05) is 6.92 Å². The molecule has 0 bridgehead atoms. The molecular formula is C21H27N3O4S. The quantitative estimate of drug-likeness (QED) is 0.717. The smallest absolute Gasteiger partial charge is 0.240 e. The van der Waals surface area contributed by atoms with Gasteiger partial charge in [0.05, 0.1) is 6.20 Å². The number of anilines is 1. The van der Waals surface area contributed by atoms with E-state index in [1.165, 1.54) is 0 Å². The molecule has 2 N–H and O–H groups in total. The number of amides is 1. The first-order chi connectivity index (χ1) is 13.8. The van der Waals surface area contributed by atoms with Crippen LogP contribution in [0.3, 0.4) is 0 Å².